The van der Waals surface area contributed by atoms with Crippen LogP contribution in [0.1, 0.15) is 44.5 Å². The smallest absolute Gasteiger partial charge is 0.262 e. The number of thiophene rings is 2. The van der Waals surface area contributed by atoms with E-state index in [0.29, 0.717) is 28.0 Å². The van der Waals surface area contributed by atoms with E-state index in [2.05, 4.69) is 15.3 Å². The van der Waals surface area contributed by atoms with Gasteiger partial charge in [0.25, 0.3) is 15.9 Å². The maximum Gasteiger partial charge on any atom is 0.262 e. The highest BCUT2D eigenvalue weighted by atomic mass is 32.2. The number of nitrogens with zero attached hydrogens (tertiary/aromatic N) is 3. The summed E-state index contributed by atoms with van der Waals surface area (Å²) < 4.78 is 27.2. The molecule has 3 aromatic heterocycles. The van der Waals surface area contributed by atoms with Crippen molar-refractivity contribution >= 4 is 48.8 Å². The molecule has 1 amide bonds. The summed E-state index contributed by atoms with van der Waals surface area (Å²) in [6, 6.07) is 3.40. The summed E-state index contributed by atoms with van der Waals surface area (Å²) in [5.74, 6) is 0.508. The van der Waals surface area contributed by atoms with Gasteiger partial charge in [0.2, 0.25) is 0 Å². The molecule has 4 rings (SSSR count). The zero-order valence-electron chi connectivity index (χ0n) is 16.5. The van der Waals surface area contributed by atoms with E-state index in [1.54, 1.807) is 12.1 Å². The van der Waals surface area contributed by atoms with Crippen LogP contribution in [0.3, 0.4) is 0 Å². The van der Waals surface area contributed by atoms with Crippen LogP contribution < -0.4 is 5.32 Å². The summed E-state index contributed by atoms with van der Waals surface area (Å²) in [7, 11) is -3.42. The van der Waals surface area contributed by atoms with E-state index in [1.165, 1.54) is 27.0 Å². The molecule has 29 heavy (non-hydrogen) atoms. The molecule has 0 bridgehead atoms. The minimum absolute atomic E-state index is 0.181. The van der Waals surface area contributed by atoms with Crippen molar-refractivity contribution < 1.29 is 13.2 Å². The van der Waals surface area contributed by atoms with Crippen LogP contribution in [0.5, 0.6) is 0 Å². The number of hydrogen-bond acceptors (Lipinski definition) is 7. The first-order valence-electron chi connectivity index (χ1n) is 9.39. The Labute approximate surface area is 177 Å². The van der Waals surface area contributed by atoms with Gasteiger partial charge < -0.3 is 5.32 Å². The van der Waals surface area contributed by atoms with Crippen molar-refractivity contribution in [3.05, 3.63) is 39.0 Å². The van der Waals surface area contributed by atoms with Crippen LogP contribution in [-0.4, -0.2) is 41.7 Å². The summed E-state index contributed by atoms with van der Waals surface area (Å²) in [6.07, 6.45) is 1.82. The zero-order chi connectivity index (χ0) is 20.8. The summed E-state index contributed by atoms with van der Waals surface area (Å²) in [5.41, 5.74) is 1.75. The molecule has 0 spiro atoms. The minimum Gasteiger partial charge on any atom is -0.346 e. The van der Waals surface area contributed by atoms with Crippen LogP contribution in [-0.2, 0) is 16.6 Å². The molecule has 0 atom stereocenters. The first-order chi connectivity index (χ1) is 13.8. The first kappa shape index (κ1) is 20.4. The molecule has 1 aliphatic heterocycles. The van der Waals surface area contributed by atoms with Gasteiger partial charge in [-0.15, -0.1) is 22.7 Å². The molecule has 154 valence electrons. The van der Waals surface area contributed by atoms with Gasteiger partial charge in [-0.3, -0.25) is 4.79 Å². The average molecular weight is 451 g/mol. The molecule has 4 heterocycles. The molecule has 3 aromatic rings. The Morgan fingerprint density at radius 2 is 1.86 bits per heavy atom. The summed E-state index contributed by atoms with van der Waals surface area (Å²) >= 11 is 2.57. The van der Waals surface area contributed by atoms with E-state index in [9.17, 15) is 13.2 Å². The molecule has 10 heteroatoms. The summed E-state index contributed by atoms with van der Waals surface area (Å²) in [6.45, 7) is 7.12. The third kappa shape index (κ3) is 3.81. The van der Waals surface area contributed by atoms with E-state index in [4.69, 9.17) is 0 Å². The van der Waals surface area contributed by atoms with E-state index < -0.39 is 10.0 Å². The van der Waals surface area contributed by atoms with Crippen molar-refractivity contribution in [3.63, 3.8) is 0 Å². The third-order valence-corrected chi connectivity index (χ3v) is 9.64. The Balaban J connectivity index is 1.50. The highest BCUT2D eigenvalue weighted by Gasteiger charge is 2.28. The fraction of sp³-hybridized carbons (Fsp3) is 0.421. The largest absolute Gasteiger partial charge is 0.346 e. The van der Waals surface area contributed by atoms with Gasteiger partial charge in [0.1, 0.15) is 14.9 Å². The maximum absolute atomic E-state index is 12.7. The van der Waals surface area contributed by atoms with Crippen LogP contribution in [0.2, 0.25) is 0 Å². The second-order valence-electron chi connectivity index (χ2n) is 7.11. The van der Waals surface area contributed by atoms with Crippen molar-refractivity contribution in [2.45, 2.75) is 44.4 Å². The van der Waals surface area contributed by atoms with Crippen LogP contribution >= 0.6 is 22.7 Å². The topological polar surface area (TPSA) is 92.3 Å². The Bertz CT molecular complexity index is 1190. The molecule has 0 radical (unpaired) electrons. The number of rotatable bonds is 5. The van der Waals surface area contributed by atoms with Crippen molar-refractivity contribution in [2.24, 2.45) is 0 Å². The van der Waals surface area contributed by atoms with Crippen LogP contribution in [0, 0.1) is 20.8 Å². The van der Waals surface area contributed by atoms with Crippen molar-refractivity contribution in [1.29, 1.82) is 0 Å². The molecular weight excluding hydrogens is 428 g/mol. The fourth-order valence-electron chi connectivity index (χ4n) is 3.59. The Hall–Kier alpha value is -1.88. The van der Waals surface area contributed by atoms with Crippen LogP contribution in [0.25, 0.3) is 10.2 Å². The SMILES string of the molecule is Cc1nc(C)c2c(C)c(C(=O)NCc3ccc(S(=O)(=O)N4CCCC4)s3)sc2n1. The molecule has 1 N–H and O–H groups in total. The van der Waals surface area contributed by atoms with Gasteiger partial charge in [0.15, 0.2) is 0 Å². The van der Waals surface area contributed by atoms with Gasteiger partial charge >= 0.3 is 0 Å². The number of aryl methyl sites for hydroxylation is 3. The Kier molecular flexibility index (Phi) is 5.45. The maximum atomic E-state index is 12.7. The van der Waals surface area contributed by atoms with E-state index in [0.717, 1.165) is 39.2 Å². The summed E-state index contributed by atoms with van der Waals surface area (Å²) in [5, 5.41) is 3.84. The van der Waals surface area contributed by atoms with E-state index in [-0.39, 0.29) is 12.5 Å². The molecule has 1 fully saturated rings. The number of amides is 1. The lowest BCUT2D eigenvalue weighted by molar-refractivity contribution is 0.0955. The number of carbonyl (C=O) groups excluding carboxylic acids is 1. The van der Waals surface area contributed by atoms with Crippen LogP contribution in [0.4, 0.5) is 0 Å². The second kappa shape index (κ2) is 7.75. The van der Waals surface area contributed by atoms with Crippen molar-refractivity contribution in [2.75, 3.05) is 13.1 Å². The number of hydrogen-bond donors (Lipinski definition) is 1. The first-order valence-corrected chi connectivity index (χ1v) is 12.5. The van der Waals surface area contributed by atoms with Gasteiger partial charge in [-0.25, -0.2) is 18.4 Å². The van der Waals surface area contributed by atoms with Crippen molar-refractivity contribution in [3.8, 4) is 0 Å². The standard InChI is InChI=1S/C19H22N4O3S3/c1-11-16-12(2)21-13(3)22-19(16)28-17(11)18(24)20-10-14-6-7-15(27-14)29(25,26)23-8-4-5-9-23/h6-7H,4-5,8-10H2,1-3H3,(H,20,24). The fourth-order valence-corrected chi connectivity index (χ4v) is 7.75. The Morgan fingerprint density at radius 3 is 2.59 bits per heavy atom. The van der Waals surface area contributed by atoms with Gasteiger partial charge in [0.05, 0.1) is 11.4 Å². The number of nitrogens with one attached hydrogen (secondary N) is 1. The number of fused-ring (bicyclic) bond motifs is 1. The lowest BCUT2D eigenvalue weighted by Gasteiger charge is -2.13. The minimum atomic E-state index is -3.42. The molecule has 0 aliphatic carbocycles. The molecule has 0 saturated carbocycles. The normalized spacial score (nSPS) is 15.3. The summed E-state index contributed by atoms with van der Waals surface area (Å²) in [4.78, 5) is 23.8. The van der Waals surface area contributed by atoms with Crippen molar-refractivity contribution in [1.82, 2.24) is 19.6 Å². The van der Waals surface area contributed by atoms with E-state index >= 15 is 0 Å². The monoisotopic (exact) mass is 450 g/mol. The van der Waals surface area contributed by atoms with E-state index in [1.807, 2.05) is 20.8 Å². The highest BCUT2D eigenvalue weighted by Crippen LogP contribution is 2.31. The lowest BCUT2D eigenvalue weighted by atomic mass is 10.1. The van der Waals surface area contributed by atoms with Gasteiger partial charge in [-0.1, -0.05) is 0 Å². The number of aromatic nitrogens is 2. The van der Waals surface area contributed by atoms with Crippen LogP contribution in [0.15, 0.2) is 16.3 Å². The average Bonchev–Trinajstić information content (AvgIpc) is 3.40. The molecule has 0 aromatic carbocycles. The predicted molar refractivity (Wildman–Crippen MR) is 115 cm³/mol. The molecule has 1 saturated heterocycles. The Morgan fingerprint density at radius 1 is 1.14 bits per heavy atom. The van der Waals surface area contributed by atoms with Gasteiger partial charge in [0, 0.05) is 29.0 Å². The number of sulfonamides is 1. The second-order valence-corrected chi connectivity index (χ2v) is 11.4. The zero-order valence-corrected chi connectivity index (χ0v) is 18.9. The molecule has 1 aliphatic rings. The molecule has 7 nitrogen and oxygen atoms in total. The quantitative estimate of drug-likeness (QED) is 0.643. The highest BCUT2D eigenvalue weighted by molar-refractivity contribution is 7.91. The molecular formula is C19H22N4O3S3. The van der Waals surface area contributed by atoms with Gasteiger partial charge in [-0.05, 0) is 51.3 Å². The third-order valence-electron chi connectivity index (χ3n) is 5.01. The molecule has 0 unspecified atom stereocenters. The lowest BCUT2D eigenvalue weighted by Crippen LogP contribution is -2.27. The number of carbonyl (C=O) groups is 1. The van der Waals surface area contributed by atoms with Gasteiger partial charge in [-0.2, -0.15) is 4.31 Å². The predicted octanol–water partition coefficient (Wildman–Crippen LogP) is 3.39.